The summed E-state index contributed by atoms with van der Waals surface area (Å²) in [6.45, 7) is 0. The Hall–Kier alpha value is -8.14. The van der Waals surface area contributed by atoms with Crippen LogP contribution >= 0.6 is 0 Å². The van der Waals surface area contributed by atoms with Crippen LogP contribution in [0.2, 0.25) is 0 Å². The number of furan rings is 1. The first-order chi connectivity index (χ1) is 30.3. The van der Waals surface area contributed by atoms with E-state index >= 15 is 0 Å². The van der Waals surface area contributed by atoms with Gasteiger partial charge in [-0.05, 0) is 111 Å². The van der Waals surface area contributed by atoms with E-state index in [2.05, 4.69) is 252 Å². The molecular weight excluding hydrogens is 741 g/mol. The summed E-state index contributed by atoms with van der Waals surface area (Å²) in [5.41, 5.74) is 14.8. The highest BCUT2D eigenvalue weighted by Crippen LogP contribution is 2.52. The highest BCUT2D eigenvalue weighted by atomic mass is 16.3. The number of benzene rings is 10. The minimum atomic E-state index is 0.822. The molecule has 0 bridgehead atoms. The predicted molar refractivity (Wildman–Crippen MR) is 257 cm³/mol. The standard InChI is InChI=1S/C58H40N2O/c1-5-16-41(17-6-1)44-28-33-49(34-29-44)59(48-24-11-4-12-25-48)53-37-39-55-57(56-52-27-14-13-22-46(52)32-38-54(56)61-55)58(53)60(50-35-30-45(31-36-50)42-18-7-2-8-19-42)51-26-15-23-47(40-51)43-20-9-3-10-21-43/h1-40H. The lowest BCUT2D eigenvalue weighted by atomic mass is 9.99. The lowest BCUT2D eigenvalue weighted by Gasteiger charge is -2.34. The maximum Gasteiger partial charge on any atom is 0.137 e. The molecular formula is C58H40N2O. The Kier molecular flexibility index (Phi) is 9.18. The topological polar surface area (TPSA) is 19.6 Å². The van der Waals surface area contributed by atoms with Gasteiger partial charge in [0, 0.05) is 28.1 Å². The van der Waals surface area contributed by atoms with Gasteiger partial charge in [0.15, 0.2) is 0 Å². The van der Waals surface area contributed by atoms with E-state index in [1.54, 1.807) is 0 Å². The van der Waals surface area contributed by atoms with Gasteiger partial charge in [0.1, 0.15) is 11.2 Å². The molecule has 11 aromatic rings. The van der Waals surface area contributed by atoms with Crippen molar-refractivity contribution in [3.8, 4) is 33.4 Å². The third-order valence-corrected chi connectivity index (χ3v) is 11.6. The first-order valence-electron chi connectivity index (χ1n) is 20.8. The number of hydrogen-bond donors (Lipinski definition) is 0. The largest absolute Gasteiger partial charge is 0.456 e. The minimum Gasteiger partial charge on any atom is -0.456 e. The van der Waals surface area contributed by atoms with Gasteiger partial charge in [-0.3, -0.25) is 0 Å². The smallest absolute Gasteiger partial charge is 0.137 e. The van der Waals surface area contributed by atoms with Gasteiger partial charge < -0.3 is 14.2 Å². The van der Waals surface area contributed by atoms with Gasteiger partial charge in [0.05, 0.1) is 16.8 Å². The van der Waals surface area contributed by atoms with Crippen molar-refractivity contribution in [2.45, 2.75) is 0 Å². The third kappa shape index (κ3) is 6.69. The lowest BCUT2D eigenvalue weighted by molar-refractivity contribution is 0.669. The third-order valence-electron chi connectivity index (χ3n) is 11.6. The van der Waals surface area contributed by atoms with Crippen LogP contribution in [0.4, 0.5) is 34.1 Å². The molecule has 10 aromatic carbocycles. The van der Waals surface area contributed by atoms with Crippen molar-refractivity contribution in [2.75, 3.05) is 9.80 Å². The van der Waals surface area contributed by atoms with Gasteiger partial charge in [-0.2, -0.15) is 0 Å². The molecule has 0 atom stereocenters. The summed E-state index contributed by atoms with van der Waals surface area (Å²) in [6, 6.07) is 86.6. The van der Waals surface area contributed by atoms with Gasteiger partial charge >= 0.3 is 0 Å². The van der Waals surface area contributed by atoms with E-state index in [0.717, 1.165) is 89.1 Å². The van der Waals surface area contributed by atoms with Crippen LogP contribution < -0.4 is 9.80 Å². The molecule has 0 unspecified atom stereocenters. The zero-order valence-electron chi connectivity index (χ0n) is 33.4. The number of hydrogen-bond acceptors (Lipinski definition) is 3. The molecule has 3 nitrogen and oxygen atoms in total. The molecule has 0 saturated heterocycles. The van der Waals surface area contributed by atoms with Crippen LogP contribution in [0.15, 0.2) is 247 Å². The number of para-hydroxylation sites is 1. The highest BCUT2D eigenvalue weighted by Gasteiger charge is 2.28. The van der Waals surface area contributed by atoms with Gasteiger partial charge in [0.2, 0.25) is 0 Å². The maximum atomic E-state index is 6.86. The molecule has 288 valence electrons. The molecule has 0 aliphatic carbocycles. The summed E-state index contributed by atoms with van der Waals surface area (Å²) in [5, 5.41) is 4.44. The molecule has 0 radical (unpaired) electrons. The van der Waals surface area contributed by atoms with Gasteiger partial charge in [-0.25, -0.2) is 0 Å². The van der Waals surface area contributed by atoms with E-state index in [4.69, 9.17) is 4.42 Å². The molecule has 11 rings (SSSR count). The van der Waals surface area contributed by atoms with Crippen molar-refractivity contribution in [1.82, 2.24) is 0 Å². The van der Waals surface area contributed by atoms with Crippen LogP contribution in [0.5, 0.6) is 0 Å². The zero-order valence-corrected chi connectivity index (χ0v) is 33.4. The fourth-order valence-corrected chi connectivity index (χ4v) is 8.74. The van der Waals surface area contributed by atoms with Crippen LogP contribution in [0.1, 0.15) is 0 Å². The zero-order chi connectivity index (χ0) is 40.5. The van der Waals surface area contributed by atoms with E-state index in [1.165, 1.54) is 11.1 Å². The summed E-state index contributed by atoms with van der Waals surface area (Å²) < 4.78 is 6.86. The second-order valence-corrected chi connectivity index (χ2v) is 15.3. The molecule has 3 heteroatoms. The average Bonchev–Trinajstić information content (AvgIpc) is 3.74. The molecule has 1 heterocycles. The summed E-state index contributed by atoms with van der Waals surface area (Å²) in [6.07, 6.45) is 0. The van der Waals surface area contributed by atoms with Crippen LogP contribution in [0.25, 0.3) is 66.1 Å². The van der Waals surface area contributed by atoms with Gasteiger partial charge in [-0.15, -0.1) is 0 Å². The molecule has 0 saturated carbocycles. The molecule has 0 amide bonds. The quantitative estimate of drug-likeness (QED) is 0.145. The van der Waals surface area contributed by atoms with Gasteiger partial charge in [0.25, 0.3) is 0 Å². The highest BCUT2D eigenvalue weighted by molar-refractivity contribution is 6.25. The van der Waals surface area contributed by atoms with E-state index in [9.17, 15) is 0 Å². The molecule has 0 aliphatic rings. The summed E-state index contributed by atoms with van der Waals surface area (Å²) >= 11 is 0. The summed E-state index contributed by atoms with van der Waals surface area (Å²) in [7, 11) is 0. The van der Waals surface area contributed by atoms with E-state index < -0.39 is 0 Å². The Morgan fingerprint density at radius 1 is 0.279 bits per heavy atom. The van der Waals surface area contributed by atoms with Crippen LogP contribution in [0.3, 0.4) is 0 Å². The fraction of sp³-hybridized carbons (Fsp3) is 0. The molecule has 0 N–H and O–H groups in total. The molecule has 0 aliphatic heterocycles. The van der Waals surface area contributed by atoms with Gasteiger partial charge in [-0.1, -0.05) is 176 Å². The minimum absolute atomic E-state index is 0.822. The van der Waals surface area contributed by atoms with Crippen LogP contribution in [0, 0.1) is 0 Å². The van der Waals surface area contributed by atoms with E-state index in [1.807, 2.05) is 0 Å². The summed E-state index contributed by atoms with van der Waals surface area (Å²) in [4.78, 5) is 4.82. The Labute approximate surface area is 355 Å². The first-order valence-corrected chi connectivity index (χ1v) is 20.8. The number of fused-ring (bicyclic) bond motifs is 5. The van der Waals surface area contributed by atoms with E-state index in [-0.39, 0.29) is 0 Å². The Bertz CT molecular complexity index is 3270. The molecule has 1 aromatic heterocycles. The van der Waals surface area contributed by atoms with Crippen molar-refractivity contribution in [1.29, 1.82) is 0 Å². The van der Waals surface area contributed by atoms with E-state index in [0.29, 0.717) is 0 Å². The van der Waals surface area contributed by atoms with Crippen molar-refractivity contribution in [2.24, 2.45) is 0 Å². The van der Waals surface area contributed by atoms with Crippen molar-refractivity contribution < 1.29 is 4.42 Å². The Morgan fingerprint density at radius 3 is 1.34 bits per heavy atom. The number of anilines is 6. The predicted octanol–water partition coefficient (Wildman–Crippen LogP) is 16.7. The van der Waals surface area contributed by atoms with Crippen LogP contribution in [-0.4, -0.2) is 0 Å². The molecule has 0 spiro atoms. The van der Waals surface area contributed by atoms with Crippen LogP contribution in [-0.2, 0) is 0 Å². The monoisotopic (exact) mass is 780 g/mol. The lowest BCUT2D eigenvalue weighted by Crippen LogP contribution is -2.17. The van der Waals surface area contributed by atoms with Crippen molar-refractivity contribution >= 4 is 66.8 Å². The summed E-state index contributed by atoms with van der Waals surface area (Å²) in [5.74, 6) is 0. The SMILES string of the molecule is c1ccc(-c2ccc(N(c3ccccc3)c3ccc4oc5ccc6ccccc6c5c4c3N(c3ccc(-c4ccccc4)cc3)c3cccc(-c4ccccc4)c3)cc2)cc1. The first kappa shape index (κ1) is 36.0. The maximum absolute atomic E-state index is 6.86. The fourth-order valence-electron chi connectivity index (χ4n) is 8.74. The van der Waals surface area contributed by atoms with Crippen molar-refractivity contribution in [3.63, 3.8) is 0 Å². The average molecular weight is 781 g/mol. The normalized spacial score (nSPS) is 11.3. The Morgan fingerprint density at radius 2 is 0.721 bits per heavy atom. The van der Waals surface area contributed by atoms with Crippen molar-refractivity contribution in [3.05, 3.63) is 243 Å². The molecule has 0 fully saturated rings. The number of rotatable bonds is 9. The second kappa shape index (κ2) is 15.6. The Balaban J connectivity index is 1.24. The second-order valence-electron chi connectivity index (χ2n) is 15.3. The number of nitrogens with zero attached hydrogens (tertiary/aromatic N) is 2. The molecule has 61 heavy (non-hydrogen) atoms.